The van der Waals surface area contributed by atoms with Crippen LogP contribution in [0, 0.1) is 0 Å². The van der Waals surface area contributed by atoms with Crippen LogP contribution in [-0.4, -0.2) is 46.0 Å². The Labute approximate surface area is 226 Å². The summed E-state index contributed by atoms with van der Waals surface area (Å²) in [6, 6.07) is 10.6. The fourth-order valence-corrected chi connectivity index (χ4v) is 5.03. The van der Waals surface area contributed by atoms with Crippen molar-refractivity contribution in [2.45, 2.75) is 64.8 Å². The molecule has 37 heavy (non-hydrogen) atoms. The van der Waals surface area contributed by atoms with Crippen molar-refractivity contribution in [3.63, 3.8) is 0 Å². The van der Waals surface area contributed by atoms with Crippen LogP contribution in [0.15, 0.2) is 59.6 Å². The maximum absolute atomic E-state index is 13.7. The summed E-state index contributed by atoms with van der Waals surface area (Å²) in [4.78, 5) is 46.5. The smallest absolute Gasteiger partial charge is 0.408 e. The number of unbranched alkanes of at least 4 members (excludes halogenated alkanes) is 1. The summed E-state index contributed by atoms with van der Waals surface area (Å²) in [5, 5.41) is 9.64. The molecule has 0 spiro atoms. The quantitative estimate of drug-likeness (QED) is 0.305. The molecule has 3 aromatic rings. The van der Waals surface area contributed by atoms with Gasteiger partial charge in [0.2, 0.25) is 5.91 Å². The lowest BCUT2D eigenvalue weighted by Crippen LogP contribution is -2.49. The maximum atomic E-state index is 13.7. The van der Waals surface area contributed by atoms with E-state index >= 15 is 0 Å². The van der Waals surface area contributed by atoms with Gasteiger partial charge in [-0.1, -0.05) is 12.1 Å². The Balaban J connectivity index is 1.64. The van der Waals surface area contributed by atoms with Gasteiger partial charge in [0.05, 0.1) is 18.7 Å². The highest BCUT2D eigenvalue weighted by Gasteiger charge is 2.28. The number of hydrogen-bond donors (Lipinski definition) is 2. The van der Waals surface area contributed by atoms with Crippen LogP contribution < -0.4 is 10.6 Å². The second-order valence-corrected chi connectivity index (χ2v) is 11.6. The summed E-state index contributed by atoms with van der Waals surface area (Å²) in [7, 11) is 0. The maximum Gasteiger partial charge on any atom is 0.408 e. The standard InChI is InChI=1S/C27H34N4O4S2/c1-27(2,3)35-26(34)30-23(12-4-5-14-29-24(32)20-9-6-13-28-17-20)25(33)31(18-21-10-7-15-36-21)19-22-11-8-16-37-22/h6-11,13,15-17,23H,4-5,12,14,18-19H2,1-3H3,(H,29,32)(H,30,34). The Hall–Kier alpha value is -3.24. The van der Waals surface area contributed by atoms with Gasteiger partial charge in [0, 0.05) is 28.7 Å². The third-order valence-electron chi connectivity index (χ3n) is 5.28. The Morgan fingerprint density at radius 2 is 1.68 bits per heavy atom. The van der Waals surface area contributed by atoms with Gasteiger partial charge in [-0.15, -0.1) is 22.7 Å². The van der Waals surface area contributed by atoms with Gasteiger partial charge < -0.3 is 20.3 Å². The normalized spacial score (nSPS) is 12.0. The number of aromatic nitrogens is 1. The van der Waals surface area contributed by atoms with Gasteiger partial charge in [0.1, 0.15) is 11.6 Å². The number of nitrogens with one attached hydrogen (secondary N) is 2. The van der Waals surface area contributed by atoms with Crippen molar-refractivity contribution in [3.8, 4) is 0 Å². The number of alkyl carbamates (subject to hydrolysis) is 1. The van der Waals surface area contributed by atoms with Crippen LogP contribution >= 0.6 is 22.7 Å². The van der Waals surface area contributed by atoms with E-state index in [1.165, 1.54) is 6.20 Å². The van der Waals surface area contributed by atoms with Crippen molar-refractivity contribution in [1.29, 1.82) is 0 Å². The first-order valence-electron chi connectivity index (χ1n) is 12.2. The van der Waals surface area contributed by atoms with E-state index in [-0.39, 0.29) is 11.8 Å². The molecule has 0 aliphatic carbocycles. The van der Waals surface area contributed by atoms with Crippen molar-refractivity contribution in [2.75, 3.05) is 6.54 Å². The van der Waals surface area contributed by atoms with Gasteiger partial charge in [-0.2, -0.15) is 0 Å². The summed E-state index contributed by atoms with van der Waals surface area (Å²) in [6.07, 6.45) is 4.22. The fraction of sp³-hybridized carbons (Fsp3) is 0.407. The molecule has 8 nitrogen and oxygen atoms in total. The van der Waals surface area contributed by atoms with E-state index in [1.807, 2.05) is 35.0 Å². The number of rotatable bonds is 12. The van der Waals surface area contributed by atoms with Gasteiger partial charge >= 0.3 is 6.09 Å². The first kappa shape index (κ1) is 28.3. The number of pyridine rings is 1. The molecular formula is C27H34N4O4S2. The lowest BCUT2D eigenvalue weighted by Gasteiger charge is -2.28. The summed E-state index contributed by atoms with van der Waals surface area (Å²) < 4.78 is 5.44. The fourth-order valence-electron chi connectivity index (χ4n) is 3.60. The van der Waals surface area contributed by atoms with E-state index in [0.29, 0.717) is 44.5 Å². The number of nitrogens with zero attached hydrogens (tertiary/aromatic N) is 2. The third-order valence-corrected chi connectivity index (χ3v) is 7.01. The Morgan fingerprint density at radius 1 is 1.00 bits per heavy atom. The molecule has 0 bridgehead atoms. The van der Waals surface area contributed by atoms with Crippen LogP contribution in [0.25, 0.3) is 0 Å². The van der Waals surface area contributed by atoms with Gasteiger partial charge in [-0.25, -0.2) is 4.79 Å². The minimum Gasteiger partial charge on any atom is -0.444 e. The van der Waals surface area contributed by atoms with Crippen LogP contribution in [-0.2, 0) is 22.6 Å². The van der Waals surface area contributed by atoms with Crippen molar-refractivity contribution in [1.82, 2.24) is 20.5 Å². The van der Waals surface area contributed by atoms with Gasteiger partial charge in [0.15, 0.2) is 0 Å². The zero-order valence-electron chi connectivity index (χ0n) is 21.4. The molecule has 0 radical (unpaired) electrons. The second kappa shape index (κ2) is 13.9. The highest BCUT2D eigenvalue weighted by molar-refractivity contribution is 7.10. The summed E-state index contributed by atoms with van der Waals surface area (Å²) >= 11 is 3.19. The first-order chi connectivity index (χ1) is 17.7. The minimum absolute atomic E-state index is 0.160. The molecular weight excluding hydrogens is 508 g/mol. The second-order valence-electron chi connectivity index (χ2n) is 9.55. The lowest BCUT2D eigenvalue weighted by molar-refractivity contribution is -0.134. The molecule has 0 saturated carbocycles. The van der Waals surface area contributed by atoms with Crippen LogP contribution in [0.2, 0.25) is 0 Å². The molecule has 3 rings (SSSR count). The molecule has 1 atom stereocenters. The van der Waals surface area contributed by atoms with Gasteiger partial charge in [-0.3, -0.25) is 14.6 Å². The first-order valence-corrected chi connectivity index (χ1v) is 14.0. The molecule has 3 aromatic heterocycles. The van der Waals surface area contributed by atoms with Crippen LogP contribution in [0.5, 0.6) is 0 Å². The largest absolute Gasteiger partial charge is 0.444 e. The average molecular weight is 543 g/mol. The molecule has 3 heterocycles. The number of carbonyl (C=O) groups is 3. The number of carbonyl (C=O) groups excluding carboxylic acids is 3. The molecule has 0 fully saturated rings. The number of amides is 3. The summed E-state index contributed by atoms with van der Waals surface area (Å²) in [5.41, 5.74) is -0.179. The molecule has 0 aromatic carbocycles. The topological polar surface area (TPSA) is 101 Å². The van der Waals surface area contributed by atoms with E-state index in [9.17, 15) is 14.4 Å². The van der Waals surface area contributed by atoms with Gasteiger partial charge in [0.25, 0.3) is 5.91 Å². The zero-order valence-corrected chi connectivity index (χ0v) is 23.1. The van der Waals surface area contributed by atoms with Crippen LogP contribution in [0.4, 0.5) is 4.79 Å². The molecule has 0 aliphatic rings. The molecule has 10 heteroatoms. The van der Waals surface area contributed by atoms with Crippen LogP contribution in [0.3, 0.4) is 0 Å². The Morgan fingerprint density at radius 3 is 2.22 bits per heavy atom. The Bertz CT molecular complexity index is 1080. The van der Waals surface area contributed by atoms with E-state index in [4.69, 9.17) is 4.74 Å². The molecule has 1 unspecified atom stereocenters. The van der Waals surface area contributed by atoms with E-state index in [0.717, 1.165) is 9.75 Å². The number of ether oxygens (including phenoxy) is 1. The summed E-state index contributed by atoms with van der Waals surface area (Å²) in [6.45, 7) is 6.73. The Kier molecular flexibility index (Phi) is 10.6. The molecule has 0 saturated heterocycles. The molecule has 0 aliphatic heterocycles. The van der Waals surface area contributed by atoms with Crippen molar-refractivity contribution in [3.05, 3.63) is 74.9 Å². The van der Waals surface area contributed by atoms with Gasteiger partial charge in [-0.05, 0) is 75.1 Å². The van der Waals surface area contributed by atoms with Crippen LogP contribution in [0.1, 0.15) is 60.1 Å². The minimum atomic E-state index is -0.746. The monoisotopic (exact) mass is 542 g/mol. The van der Waals surface area contributed by atoms with E-state index in [2.05, 4.69) is 15.6 Å². The van der Waals surface area contributed by atoms with Crippen molar-refractivity contribution < 1.29 is 19.1 Å². The van der Waals surface area contributed by atoms with E-state index in [1.54, 1.807) is 66.7 Å². The highest BCUT2D eigenvalue weighted by Crippen LogP contribution is 2.19. The SMILES string of the molecule is CC(C)(C)OC(=O)NC(CCCCNC(=O)c1cccnc1)C(=O)N(Cc1cccs1)Cc1cccs1. The lowest BCUT2D eigenvalue weighted by atomic mass is 10.1. The highest BCUT2D eigenvalue weighted by atomic mass is 32.1. The average Bonchev–Trinajstić information content (AvgIpc) is 3.56. The summed E-state index contributed by atoms with van der Waals surface area (Å²) in [5.74, 6) is -0.349. The van der Waals surface area contributed by atoms with Crippen molar-refractivity contribution >= 4 is 40.6 Å². The molecule has 2 N–H and O–H groups in total. The number of hydrogen-bond acceptors (Lipinski definition) is 7. The molecule has 3 amide bonds. The van der Waals surface area contributed by atoms with Crippen molar-refractivity contribution in [2.24, 2.45) is 0 Å². The zero-order chi connectivity index (χ0) is 26.7. The predicted octanol–water partition coefficient (Wildman–Crippen LogP) is 5.23. The molecule has 198 valence electrons. The van der Waals surface area contributed by atoms with E-state index < -0.39 is 17.7 Å². The number of thiophene rings is 2. The third kappa shape index (κ3) is 9.97. The predicted molar refractivity (Wildman–Crippen MR) is 146 cm³/mol.